The van der Waals surface area contributed by atoms with Gasteiger partial charge >= 0.3 is 0 Å². The Morgan fingerprint density at radius 2 is 2.05 bits per heavy atom. The lowest BCUT2D eigenvalue weighted by Crippen LogP contribution is -2.19. The highest BCUT2D eigenvalue weighted by Gasteiger charge is 2.17. The average Bonchev–Trinajstić information content (AvgIpc) is 2.86. The maximum atomic E-state index is 12.2. The molecule has 1 aromatic heterocycles. The van der Waals surface area contributed by atoms with Crippen LogP contribution in [0.2, 0.25) is 0 Å². The van der Waals surface area contributed by atoms with Crippen LogP contribution in [0.15, 0.2) is 30.3 Å². The van der Waals surface area contributed by atoms with Gasteiger partial charge in [-0.2, -0.15) is 5.10 Å². The maximum Gasteiger partial charge on any atom is 0.232 e. The highest BCUT2D eigenvalue weighted by Crippen LogP contribution is 2.20. The zero-order valence-corrected chi connectivity index (χ0v) is 12.0. The first-order chi connectivity index (χ1) is 9.47. The van der Waals surface area contributed by atoms with E-state index in [4.69, 9.17) is 5.73 Å². The van der Waals surface area contributed by atoms with E-state index in [0.717, 1.165) is 11.3 Å². The van der Waals surface area contributed by atoms with Crippen LogP contribution < -0.4 is 11.1 Å². The van der Waals surface area contributed by atoms with E-state index in [2.05, 4.69) is 29.4 Å². The van der Waals surface area contributed by atoms with Crippen LogP contribution >= 0.6 is 0 Å². The number of H-pyrrole nitrogens is 1. The third-order valence-corrected chi connectivity index (χ3v) is 3.27. The van der Waals surface area contributed by atoms with Crippen molar-refractivity contribution < 1.29 is 4.79 Å². The molecule has 0 saturated carbocycles. The second-order valence-electron chi connectivity index (χ2n) is 5.24. The molecule has 5 nitrogen and oxygen atoms in total. The molecular weight excluding hydrogens is 252 g/mol. The van der Waals surface area contributed by atoms with Crippen LogP contribution in [-0.2, 0) is 4.79 Å². The average molecular weight is 272 g/mol. The minimum atomic E-state index is -0.280. The number of carbonyl (C=O) groups excluding carboxylic acids is 1. The molecule has 0 fully saturated rings. The van der Waals surface area contributed by atoms with Crippen molar-refractivity contribution in [1.29, 1.82) is 0 Å². The summed E-state index contributed by atoms with van der Waals surface area (Å²) in [6.45, 7) is 5.98. The third-order valence-electron chi connectivity index (χ3n) is 3.27. The minimum absolute atomic E-state index is 0.0996. The number of rotatable bonds is 4. The Morgan fingerprint density at radius 1 is 1.30 bits per heavy atom. The van der Waals surface area contributed by atoms with E-state index >= 15 is 0 Å². The SMILES string of the molecule is CC(C)c1cc(NC(=O)C(C)c2cccc(N)c2)n[nH]1. The largest absolute Gasteiger partial charge is 0.399 e. The summed E-state index contributed by atoms with van der Waals surface area (Å²) < 4.78 is 0. The Balaban J connectivity index is 2.07. The summed E-state index contributed by atoms with van der Waals surface area (Å²) in [6.07, 6.45) is 0. The topological polar surface area (TPSA) is 83.8 Å². The summed E-state index contributed by atoms with van der Waals surface area (Å²) in [5.74, 6) is 0.518. The predicted octanol–water partition coefficient (Wildman–Crippen LogP) is 2.86. The molecule has 1 heterocycles. The van der Waals surface area contributed by atoms with Gasteiger partial charge in [-0.05, 0) is 30.5 Å². The van der Waals surface area contributed by atoms with E-state index in [0.29, 0.717) is 17.4 Å². The first-order valence-corrected chi connectivity index (χ1v) is 6.69. The monoisotopic (exact) mass is 272 g/mol. The van der Waals surface area contributed by atoms with Gasteiger partial charge in [-0.1, -0.05) is 26.0 Å². The van der Waals surface area contributed by atoms with Crippen molar-refractivity contribution >= 4 is 17.4 Å². The zero-order chi connectivity index (χ0) is 14.7. The number of aromatic nitrogens is 2. The highest BCUT2D eigenvalue weighted by molar-refractivity contribution is 5.94. The molecule has 1 atom stereocenters. The van der Waals surface area contributed by atoms with Crippen LogP contribution in [0.25, 0.3) is 0 Å². The van der Waals surface area contributed by atoms with Crippen LogP contribution in [0.3, 0.4) is 0 Å². The van der Waals surface area contributed by atoms with E-state index in [-0.39, 0.29) is 11.8 Å². The number of hydrogen-bond acceptors (Lipinski definition) is 3. The smallest absolute Gasteiger partial charge is 0.232 e. The van der Waals surface area contributed by atoms with Crippen molar-refractivity contribution in [3.8, 4) is 0 Å². The Bertz CT molecular complexity index is 603. The van der Waals surface area contributed by atoms with Gasteiger partial charge in [-0.15, -0.1) is 0 Å². The first-order valence-electron chi connectivity index (χ1n) is 6.69. The minimum Gasteiger partial charge on any atom is -0.399 e. The predicted molar refractivity (Wildman–Crippen MR) is 80.6 cm³/mol. The Morgan fingerprint density at radius 3 is 2.65 bits per heavy atom. The van der Waals surface area contributed by atoms with Gasteiger partial charge in [0.1, 0.15) is 0 Å². The Kier molecular flexibility index (Phi) is 4.08. The van der Waals surface area contributed by atoms with Gasteiger partial charge < -0.3 is 11.1 Å². The molecule has 0 aliphatic heterocycles. The molecule has 5 heteroatoms. The molecule has 1 amide bonds. The van der Waals surface area contributed by atoms with Crippen molar-refractivity contribution in [1.82, 2.24) is 10.2 Å². The first kappa shape index (κ1) is 14.1. The van der Waals surface area contributed by atoms with E-state index in [9.17, 15) is 4.79 Å². The second kappa shape index (κ2) is 5.77. The molecule has 20 heavy (non-hydrogen) atoms. The quantitative estimate of drug-likeness (QED) is 0.748. The van der Waals surface area contributed by atoms with Gasteiger partial charge in [0.2, 0.25) is 5.91 Å². The molecule has 0 spiro atoms. The van der Waals surface area contributed by atoms with Crippen molar-refractivity contribution in [2.45, 2.75) is 32.6 Å². The number of aromatic amines is 1. The van der Waals surface area contributed by atoms with Gasteiger partial charge in [0.05, 0.1) is 5.92 Å². The van der Waals surface area contributed by atoms with Crippen LogP contribution in [0.1, 0.15) is 43.9 Å². The molecule has 0 aliphatic rings. The fourth-order valence-electron chi connectivity index (χ4n) is 1.91. The zero-order valence-electron chi connectivity index (χ0n) is 12.0. The van der Waals surface area contributed by atoms with Crippen LogP contribution in [0.4, 0.5) is 11.5 Å². The van der Waals surface area contributed by atoms with Crippen LogP contribution in [-0.4, -0.2) is 16.1 Å². The molecule has 0 aliphatic carbocycles. The van der Waals surface area contributed by atoms with E-state index in [1.165, 1.54) is 0 Å². The second-order valence-corrected chi connectivity index (χ2v) is 5.24. The molecular formula is C15H20N4O. The van der Waals surface area contributed by atoms with Crippen LogP contribution in [0, 0.1) is 0 Å². The number of benzene rings is 1. The summed E-state index contributed by atoms with van der Waals surface area (Å²) in [7, 11) is 0. The number of nitrogens with two attached hydrogens (primary N) is 1. The number of nitrogen functional groups attached to an aromatic ring is 1. The summed E-state index contributed by atoms with van der Waals surface area (Å²) >= 11 is 0. The molecule has 1 unspecified atom stereocenters. The molecule has 2 aromatic rings. The maximum absolute atomic E-state index is 12.2. The molecule has 2 rings (SSSR count). The summed E-state index contributed by atoms with van der Waals surface area (Å²) in [6, 6.07) is 9.21. The van der Waals surface area contributed by atoms with Gasteiger partial charge in [0, 0.05) is 17.4 Å². The van der Waals surface area contributed by atoms with E-state index in [1.807, 2.05) is 31.2 Å². The Labute approximate surface area is 118 Å². The molecule has 0 bridgehead atoms. The Hall–Kier alpha value is -2.30. The lowest BCUT2D eigenvalue weighted by Gasteiger charge is -2.11. The van der Waals surface area contributed by atoms with Crippen molar-refractivity contribution in [3.05, 3.63) is 41.6 Å². The summed E-state index contributed by atoms with van der Waals surface area (Å²) in [4.78, 5) is 12.2. The fraction of sp³-hybridized carbons (Fsp3) is 0.333. The number of amides is 1. The third kappa shape index (κ3) is 3.17. The number of nitrogens with one attached hydrogen (secondary N) is 2. The lowest BCUT2D eigenvalue weighted by atomic mass is 10.00. The van der Waals surface area contributed by atoms with E-state index < -0.39 is 0 Å². The molecule has 4 N–H and O–H groups in total. The molecule has 0 radical (unpaired) electrons. The van der Waals surface area contributed by atoms with Crippen molar-refractivity contribution in [2.75, 3.05) is 11.1 Å². The van der Waals surface area contributed by atoms with Gasteiger partial charge in [-0.25, -0.2) is 0 Å². The van der Waals surface area contributed by atoms with Gasteiger partial charge in [0.15, 0.2) is 5.82 Å². The van der Waals surface area contributed by atoms with Crippen LogP contribution in [0.5, 0.6) is 0 Å². The van der Waals surface area contributed by atoms with E-state index in [1.54, 1.807) is 6.07 Å². The number of hydrogen-bond donors (Lipinski definition) is 3. The molecule has 0 saturated heterocycles. The summed E-state index contributed by atoms with van der Waals surface area (Å²) in [5.41, 5.74) is 8.28. The number of carbonyl (C=O) groups is 1. The fourth-order valence-corrected chi connectivity index (χ4v) is 1.91. The standard InChI is InChI=1S/C15H20N4O/c1-9(2)13-8-14(19-18-13)17-15(20)10(3)11-5-4-6-12(16)7-11/h4-10H,16H2,1-3H3,(H2,17,18,19,20). The van der Waals surface area contributed by atoms with Crippen molar-refractivity contribution in [2.24, 2.45) is 0 Å². The normalized spacial score (nSPS) is 12.4. The highest BCUT2D eigenvalue weighted by atomic mass is 16.1. The van der Waals surface area contributed by atoms with Gasteiger partial charge in [-0.3, -0.25) is 9.89 Å². The van der Waals surface area contributed by atoms with Gasteiger partial charge in [0.25, 0.3) is 0 Å². The lowest BCUT2D eigenvalue weighted by molar-refractivity contribution is -0.117. The number of nitrogens with zero attached hydrogens (tertiary/aromatic N) is 1. The summed E-state index contributed by atoms with van der Waals surface area (Å²) in [5, 5.41) is 9.82. The molecule has 1 aromatic carbocycles. The van der Waals surface area contributed by atoms with Crippen molar-refractivity contribution in [3.63, 3.8) is 0 Å². The number of anilines is 2. The molecule has 106 valence electrons.